The fourth-order valence-corrected chi connectivity index (χ4v) is 4.50. The molecule has 78 valence electrons. The first-order chi connectivity index (χ1) is 5.79. The predicted octanol–water partition coefficient (Wildman–Crippen LogP) is 3.15. The van der Waals surface area contributed by atoms with Crippen LogP contribution in [0.3, 0.4) is 0 Å². The number of carbonyl (C=O) groups excluding carboxylic acids is 1. The van der Waals surface area contributed by atoms with Crippen LogP contribution in [0.25, 0.3) is 0 Å². The van der Waals surface area contributed by atoms with Crippen LogP contribution >= 0.6 is 7.14 Å². The van der Waals surface area contributed by atoms with Crippen LogP contribution in [0.4, 0.5) is 0 Å². The van der Waals surface area contributed by atoms with E-state index in [1.165, 1.54) is 0 Å². The molecule has 0 aliphatic carbocycles. The van der Waals surface area contributed by atoms with Gasteiger partial charge in [0.1, 0.15) is 5.78 Å². The van der Waals surface area contributed by atoms with Gasteiger partial charge in [0.15, 0.2) is 0 Å². The van der Waals surface area contributed by atoms with Gasteiger partial charge in [0.05, 0.1) is 7.14 Å². The van der Waals surface area contributed by atoms with Crippen LogP contribution in [0.2, 0.25) is 0 Å². The predicted molar refractivity (Wildman–Crippen MR) is 58.1 cm³/mol. The molecule has 0 radical (unpaired) electrons. The normalized spacial score (nSPS) is 13.0. The first kappa shape index (κ1) is 12.9. The highest BCUT2D eigenvalue weighted by Crippen LogP contribution is 2.58. The third-order valence-electron chi connectivity index (χ3n) is 2.81. The molecule has 0 bridgehead atoms. The van der Waals surface area contributed by atoms with Gasteiger partial charge in [-0.3, -0.25) is 4.79 Å². The van der Waals surface area contributed by atoms with Crippen molar-refractivity contribution in [2.24, 2.45) is 0 Å². The molecule has 13 heavy (non-hydrogen) atoms. The molecule has 0 aromatic heterocycles. The van der Waals surface area contributed by atoms with Crippen molar-refractivity contribution in [1.82, 2.24) is 0 Å². The van der Waals surface area contributed by atoms with Crippen LogP contribution in [0.1, 0.15) is 41.0 Å². The van der Waals surface area contributed by atoms with Crippen LogP contribution in [-0.2, 0) is 9.36 Å². The Labute approximate surface area is 81.5 Å². The van der Waals surface area contributed by atoms with Crippen molar-refractivity contribution < 1.29 is 9.36 Å². The Bertz CT molecular complexity index is 223. The van der Waals surface area contributed by atoms with Crippen LogP contribution in [0.15, 0.2) is 0 Å². The first-order valence-electron chi connectivity index (χ1n) is 4.86. The van der Waals surface area contributed by atoms with Crippen molar-refractivity contribution in [3.63, 3.8) is 0 Å². The van der Waals surface area contributed by atoms with Gasteiger partial charge in [0, 0.05) is 11.6 Å². The van der Waals surface area contributed by atoms with E-state index >= 15 is 0 Å². The number of Topliss-reactive ketones (excluding diaryl/α,β-unsaturated/α-hetero) is 1. The van der Waals surface area contributed by atoms with E-state index in [1.807, 2.05) is 27.7 Å². The van der Waals surface area contributed by atoms with Gasteiger partial charge in [-0.15, -0.1) is 0 Å². The summed E-state index contributed by atoms with van der Waals surface area (Å²) in [5.41, 5.74) is 0. The molecule has 0 aliphatic rings. The van der Waals surface area contributed by atoms with E-state index in [-0.39, 0.29) is 10.9 Å². The van der Waals surface area contributed by atoms with Gasteiger partial charge >= 0.3 is 0 Å². The minimum absolute atomic E-state index is 0.132. The van der Waals surface area contributed by atoms with Gasteiger partial charge in [0.2, 0.25) is 0 Å². The van der Waals surface area contributed by atoms with E-state index in [9.17, 15) is 9.36 Å². The zero-order valence-corrected chi connectivity index (χ0v) is 10.3. The number of hydrogen-bond donors (Lipinski definition) is 0. The quantitative estimate of drug-likeness (QED) is 0.645. The van der Waals surface area contributed by atoms with E-state index in [2.05, 4.69) is 0 Å². The van der Waals surface area contributed by atoms with Crippen LogP contribution in [0.5, 0.6) is 0 Å². The summed E-state index contributed by atoms with van der Waals surface area (Å²) in [6, 6.07) is 0. The van der Waals surface area contributed by atoms with Crippen molar-refractivity contribution in [2.75, 3.05) is 12.3 Å². The van der Waals surface area contributed by atoms with Crippen molar-refractivity contribution in [3.8, 4) is 0 Å². The smallest absolute Gasteiger partial charge is 0.130 e. The average Bonchev–Trinajstić information content (AvgIpc) is 2.00. The Morgan fingerprint density at radius 2 is 1.62 bits per heavy atom. The highest BCUT2D eigenvalue weighted by molar-refractivity contribution is 7.65. The van der Waals surface area contributed by atoms with Crippen molar-refractivity contribution in [1.29, 1.82) is 0 Å². The molecular formula is C10H21O2P. The van der Waals surface area contributed by atoms with Crippen molar-refractivity contribution >= 4 is 12.9 Å². The first-order valence-corrected chi connectivity index (χ1v) is 6.94. The van der Waals surface area contributed by atoms with Crippen LogP contribution < -0.4 is 0 Å². The standard InChI is InChI=1S/C10H21O2P/c1-6-13(12,7-2)10(4,5)8-9(3)11/h6-8H2,1-5H3. The summed E-state index contributed by atoms with van der Waals surface area (Å²) >= 11 is 0. The zero-order valence-electron chi connectivity index (χ0n) is 9.39. The van der Waals surface area contributed by atoms with E-state index in [1.54, 1.807) is 6.92 Å². The third kappa shape index (κ3) is 2.95. The Hall–Kier alpha value is -0.100. The van der Waals surface area contributed by atoms with E-state index in [4.69, 9.17) is 0 Å². The summed E-state index contributed by atoms with van der Waals surface area (Å²) in [4.78, 5) is 11.0. The number of ketones is 1. The van der Waals surface area contributed by atoms with Gasteiger partial charge in [-0.1, -0.05) is 27.7 Å². The number of hydrogen-bond acceptors (Lipinski definition) is 2. The fourth-order valence-electron chi connectivity index (χ4n) is 1.83. The molecule has 0 saturated heterocycles. The van der Waals surface area contributed by atoms with Gasteiger partial charge in [-0.25, -0.2) is 0 Å². The minimum Gasteiger partial charge on any atom is -0.323 e. The summed E-state index contributed by atoms with van der Waals surface area (Å²) in [6.45, 7) is 9.36. The summed E-state index contributed by atoms with van der Waals surface area (Å²) in [6.07, 6.45) is 1.83. The maximum atomic E-state index is 12.4. The Kier molecular flexibility index (Phi) is 4.38. The molecule has 3 heteroatoms. The minimum atomic E-state index is -2.16. The van der Waals surface area contributed by atoms with E-state index < -0.39 is 7.14 Å². The lowest BCUT2D eigenvalue weighted by molar-refractivity contribution is -0.117. The zero-order chi connectivity index (χ0) is 10.7. The molecule has 0 N–H and O–H groups in total. The highest BCUT2D eigenvalue weighted by atomic mass is 31.2. The van der Waals surface area contributed by atoms with Gasteiger partial charge in [-0.2, -0.15) is 0 Å². The molecule has 0 aromatic rings. The molecule has 0 rings (SSSR count). The maximum absolute atomic E-state index is 12.4. The molecule has 2 nitrogen and oxygen atoms in total. The molecule has 0 unspecified atom stereocenters. The highest BCUT2D eigenvalue weighted by Gasteiger charge is 2.37. The lowest BCUT2D eigenvalue weighted by atomic mass is 10.1. The average molecular weight is 204 g/mol. The third-order valence-corrected chi connectivity index (χ3v) is 7.21. The second-order valence-corrected chi connectivity index (χ2v) is 8.47. The summed E-state index contributed by atoms with van der Waals surface area (Å²) in [5.74, 6) is 0.132. The summed E-state index contributed by atoms with van der Waals surface area (Å²) in [7, 11) is -2.16. The van der Waals surface area contributed by atoms with Gasteiger partial charge in [-0.05, 0) is 19.2 Å². The van der Waals surface area contributed by atoms with E-state index in [0.717, 1.165) is 0 Å². The second-order valence-electron chi connectivity index (χ2n) is 4.21. The molecule has 0 aliphatic heterocycles. The van der Waals surface area contributed by atoms with E-state index in [0.29, 0.717) is 18.7 Å². The molecular weight excluding hydrogens is 183 g/mol. The summed E-state index contributed by atoms with van der Waals surface area (Å²) < 4.78 is 12.4. The Morgan fingerprint density at radius 3 is 1.85 bits per heavy atom. The molecule has 0 saturated carbocycles. The molecule has 0 atom stereocenters. The van der Waals surface area contributed by atoms with Crippen LogP contribution in [0, 0.1) is 0 Å². The fraction of sp³-hybridized carbons (Fsp3) is 0.900. The summed E-state index contributed by atoms with van der Waals surface area (Å²) in [5, 5.41) is -0.317. The monoisotopic (exact) mass is 204 g/mol. The number of rotatable bonds is 5. The molecule has 0 amide bonds. The largest absolute Gasteiger partial charge is 0.323 e. The van der Waals surface area contributed by atoms with Crippen molar-refractivity contribution in [2.45, 2.75) is 46.2 Å². The number of carbonyl (C=O) groups is 1. The maximum Gasteiger partial charge on any atom is 0.130 e. The topological polar surface area (TPSA) is 34.1 Å². The molecule has 0 heterocycles. The lowest BCUT2D eigenvalue weighted by Gasteiger charge is -2.32. The van der Waals surface area contributed by atoms with Gasteiger partial charge in [0.25, 0.3) is 0 Å². The molecule has 0 spiro atoms. The van der Waals surface area contributed by atoms with Gasteiger partial charge < -0.3 is 4.57 Å². The SMILES string of the molecule is CCP(=O)(CC)C(C)(C)CC(C)=O. The Morgan fingerprint density at radius 1 is 1.23 bits per heavy atom. The lowest BCUT2D eigenvalue weighted by Crippen LogP contribution is -2.25. The van der Waals surface area contributed by atoms with Crippen molar-refractivity contribution in [3.05, 3.63) is 0 Å². The molecule has 0 fully saturated rings. The van der Waals surface area contributed by atoms with Crippen LogP contribution in [-0.4, -0.2) is 23.3 Å². The second kappa shape index (κ2) is 4.41. The Balaban J connectivity index is 4.78. The molecule has 0 aromatic carbocycles.